The third-order valence-electron chi connectivity index (χ3n) is 13.4. The van der Waals surface area contributed by atoms with Gasteiger partial charge in [-0.1, -0.05) is 178 Å². The first-order chi connectivity index (χ1) is 29.6. The SMILES string of the molecule is CC1(C)c2ccccc2-c2ccc(N(c3ccccc3)c3ccccc3-c3cccc4c3C3(c5ccccc5-4)c4ccccc4N(c4ccccc4)c4ccccc43)cc21. The highest BCUT2D eigenvalue weighted by Crippen LogP contribution is 2.65. The van der Waals surface area contributed by atoms with Crippen molar-refractivity contribution in [3.8, 4) is 33.4 Å². The fraction of sp³-hybridized carbons (Fsp3) is 0.0690. The number of hydrogen-bond acceptors (Lipinski definition) is 2. The molecule has 1 heterocycles. The smallest absolute Gasteiger partial charge is 0.0760 e. The van der Waals surface area contributed by atoms with Crippen LogP contribution >= 0.6 is 0 Å². The molecule has 9 aromatic rings. The molecule has 2 aliphatic carbocycles. The monoisotopic (exact) mass is 766 g/mol. The Bertz CT molecular complexity index is 3090. The molecule has 0 aromatic heterocycles. The molecule has 1 spiro atoms. The number of anilines is 6. The van der Waals surface area contributed by atoms with Gasteiger partial charge < -0.3 is 9.80 Å². The van der Waals surface area contributed by atoms with E-state index >= 15 is 0 Å². The maximum absolute atomic E-state index is 2.47. The van der Waals surface area contributed by atoms with Crippen LogP contribution in [0.25, 0.3) is 33.4 Å². The number of benzene rings is 9. The van der Waals surface area contributed by atoms with Crippen LogP contribution in [0.15, 0.2) is 218 Å². The third kappa shape index (κ3) is 4.70. The van der Waals surface area contributed by atoms with Crippen LogP contribution in [0.4, 0.5) is 34.1 Å². The van der Waals surface area contributed by atoms with E-state index in [9.17, 15) is 0 Å². The quantitative estimate of drug-likeness (QED) is 0.172. The van der Waals surface area contributed by atoms with Crippen LogP contribution in [-0.2, 0) is 10.8 Å². The maximum atomic E-state index is 2.47. The number of nitrogens with zero attached hydrogens (tertiary/aromatic N) is 2. The van der Waals surface area contributed by atoms with Crippen molar-refractivity contribution >= 4 is 34.1 Å². The van der Waals surface area contributed by atoms with Crippen LogP contribution in [0.3, 0.4) is 0 Å². The molecule has 12 rings (SSSR count). The van der Waals surface area contributed by atoms with E-state index in [1.807, 2.05) is 0 Å². The van der Waals surface area contributed by atoms with Gasteiger partial charge in [-0.2, -0.15) is 0 Å². The fourth-order valence-electron chi connectivity index (χ4n) is 11.0. The van der Waals surface area contributed by atoms with Crippen molar-refractivity contribution in [3.05, 3.63) is 252 Å². The minimum atomic E-state index is -0.588. The van der Waals surface area contributed by atoms with E-state index in [-0.39, 0.29) is 5.41 Å². The van der Waals surface area contributed by atoms with Crippen LogP contribution < -0.4 is 9.80 Å². The van der Waals surface area contributed by atoms with Crippen LogP contribution in [-0.4, -0.2) is 0 Å². The first kappa shape index (κ1) is 34.6. The van der Waals surface area contributed by atoms with Crippen LogP contribution in [0.5, 0.6) is 0 Å². The fourth-order valence-corrected chi connectivity index (χ4v) is 11.0. The highest BCUT2D eigenvalue weighted by atomic mass is 15.2. The summed E-state index contributed by atoms with van der Waals surface area (Å²) < 4.78 is 0. The molecule has 0 saturated heterocycles. The molecule has 284 valence electrons. The van der Waals surface area contributed by atoms with Gasteiger partial charge in [-0.15, -0.1) is 0 Å². The summed E-state index contributed by atoms with van der Waals surface area (Å²) in [4.78, 5) is 4.93. The van der Waals surface area contributed by atoms with Crippen LogP contribution in [0.1, 0.15) is 47.2 Å². The highest BCUT2D eigenvalue weighted by Gasteiger charge is 2.53. The van der Waals surface area contributed by atoms with E-state index in [2.05, 4.69) is 242 Å². The molecular formula is C58H42N2. The van der Waals surface area contributed by atoms with Gasteiger partial charge >= 0.3 is 0 Å². The Morgan fingerprint density at radius 2 is 0.833 bits per heavy atom. The van der Waals surface area contributed by atoms with Crippen LogP contribution in [0, 0.1) is 0 Å². The lowest BCUT2D eigenvalue weighted by atomic mass is 9.63. The lowest BCUT2D eigenvalue weighted by Crippen LogP contribution is -2.36. The summed E-state index contributed by atoms with van der Waals surface area (Å²) in [5.41, 5.74) is 21.8. The first-order valence-electron chi connectivity index (χ1n) is 21.0. The summed E-state index contributed by atoms with van der Waals surface area (Å²) >= 11 is 0. The molecule has 60 heavy (non-hydrogen) atoms. The van der Waals surface area contributed by atoms with Crippen LogP contribution in [0.2, 0.25) is 0 Å². The van der Waals surface area contributed by atoms with Gasteiger partial charge in [0.25, 0.3) is 0 Å². The summed E-state index contributed by atoms with van der Waals surface area (Å²) in [6, 6.07) is 81.0. The molecule has 0 saturated carbocycles. The van der Waals surface area contributed by atoms with Gasteiger partial charge in [0.1, 0.15) is 0 Å². The predicted molar refractivity (Wildman–Crippen MR) is 250 cm³/mol. The molecule has 0 amide bonds. The number of fused-ring (bicyclic) bond motifs is 12. The van der Waals surface area contributed by atoms with Crippen molar-refractivity contribution in [2.75, 3.05) is 9.80 Å². The zero-order chi connectivity index (χ0) is 40.0. The largest absolute Gasteiger partial charge is 0.310 e. The zero-order valence-electron chi connectivity index (χ0n) is 33.7. The maximum Gasteiger partial charge on any atom is 0.0760 e. The van der Waals surface area contributed by atoms with Crippen molar-refractivity contribution in [2.24, 2.45) is 0 Å². The van der Waals surface area contributed by atoms with Gasteiger partial charge in [0.15, 0.2) is 0 Å². The van der Waals surface area contributed by atoms with Crippen molar-refractivity contribution in [1.82, 2.24) is 0 Å². The molecule has 1 aliphatic heterocycles. The molecule has 2 nitrogen and oxygen atoms in total. The van der Waals surface area contributed by atoms with E-state index in [4.69, 9.17) is 0 Å². The van der Waals surface area contributed by atoms with E-state index in [1.165, 1.54) is 78.1 Å². The molecule has 2 heteroatoms. The van der Waals surface area contributed by atoms with E-state index < -0.39 is 5.41 Å². The molecule has 0 fully saturated rings. The lowest BCUT2D eigenvalue weighted by molar-refractivity contribution is 0.660. The Kier molecular flexibility index (Phi) is 7.52. The highest BCUT2D eigenvalue weighted by molar-refractivity contribution is 6.01. The van der Waals surface area contributed by atoms with Crippen molar-refractivity contribution < 1.29 is 0 Å². The summed E-state index contributed by atoms with van der Waals surface area (Å²) in [5.74, 6) is 0. The third-order valence-corrected chi connectivity index (χ3v) is 13.4. The molecule has 0 unspecified atom stereocenters. The molecular weight excluding hydrogens is 725 g/mol. The van der Waals surface area contributed by atoms with Gasteiger partial charge in [-0.25, -0.2) is 0 Å². The van der Waals surface area contributed by atoms with Gasteiger partial charge in [0.2, 0.25) is 0 Å². The Hall–Kier alpha value is -7.42. The average Bonchev–Trinajstić information content (AvgIpc) is 3.73. The van der Waals surface area contributed by atoms with E-state index in [0.717, 1.165) is 22.7 Å². The van der Waals surface area contributed by atoms with Gasteiger partial charge in [-0.3, -0.25) is 0 Å². The second-order valence-corrected chi connectivity index (χ2v) is 16.8. The number of para-hydroxylation sites is 5. The Morgan fingerprint density at radius 1 is 0.350 bits per heavy atom. The summed E-state index contributed by atoms with van der Waals surface area (Å²) in [7, 11) is 0. The summed E-state index contributed by atoms with van der Waals surface area (Å²) in [6.07, 6.45) is 0. The van der Waals surface area contributed by atoms with Gasteiger partial charge in [0, 0.05) is 28.0 Å². The standard InChI is InChI=1S/C58H42N2/c1-57(2)48-29-12-9-24-42(48)44-37-36-41(38-52(44)57)59(39-20-5-3-6-21-39)53-33-16-11-26-45(53)47-28-19-27-46-43-25-10-13-30-49(43)58(56(46)47)50-31-14-17-34-54(50)60(40-22-7-4-8-23-40)55-35-18-15-32-51(55)58/h3-38H,1-2H3. The molecule has 0 atom stereocenters. The Labute approximate surface area is 352 Å². The second kappa shape index (κ2) is 13.0. The second-order valence-electron chi connectivity index (χ2n) is 16.8. The minimum Gasteiger partial charge on any atom is -0.310 e. The predicted octanol–water partition coefficient (Wildman–Crippen LogP) is 15.3. The summed E-state index contributed by atoms with van der Waals surface area (Å²) in [6.45, 7) is 4.73. The number of rotatable bonds is 5. The molecule has 0 radical (unpaired) electrons. The lowest BCUT2D eigenvalue weighted by Gasteiger charge is -2.45. The Balaban J connectivity index is 1.14. The first-order valence-corrected chi connectivity index (χ1v) is 21.0. The topological polar surface area (TPSA) is 6.48 Å². The molecule has 9 aromatic carbocycles. The number of hydrogen-bond donors (Lipinski definition) is 0. The minimum absolute atomic E-state index is 0.127. The van der Waals surface area contributed by atoms with E-state index in [0.29, 0.717) is 0 Å². The van der Waals surface area contributed by atoms with Gasteiger partial charge in [-0.05, 0) is 116 Å². The van der Waals surface area contributed by atoms with Crippen molar-refractivity contribution in [1.29, 1.82) is 0 Å². The average molecular weight is 767 g/mol. The molecule has 0 bridgehead atoms. The normalized spacial score (nSPS) is 14.4. The molecule has 0 N–H and O–H groups in total. The van der Waals surface area contributed by atoms with Crippen molar-refractivity contribution in [2.45, 2.75) is 24.7 Å². The van der Waals surface area contributed by atoms with E-state index in [1.54, 1.807) is 0 Å². The van der Waals surface area contributed by atoms with Gasteiger partial charge in [0.05, 0.1) is 22.5 Å². The Morgan fingerprint density at radius 3 is 1.52 bits per heavy atom. The molecule has 3 aliphatic rings. The van der Waals surface area contributed by atoms with Crippen molar-refractivity contribution in [3.63, 3.8) is 0 Å². The summed E-state index contributed by atoms with van der Waals surface area (Å²) in [5, 5.41) is 0. The zero-order valence-corrected chi connectivity index (χ0v) is 33.7.